The highest BCUT2D eigenvalue weighted by molar-refractivity contribution is 6.06. The van der Waals surface area contributed by atoms with E-state index in [2.05, 4.69) is 39.5 Å². The fourth-order valence-electron chi connectivity index (χ4n) is 6.43. The van der Waals surface area contributed by atoms with E-state index in [-0.39, 0.29) is 0 Å². The van der Waals surface area contributed by atoms with E-state index in [0.717, 1.165) is 61.6 Å². The molecule has 0 fully saturated rings. The van der Waals surface area contributed by atoms with Gasteiger partial charge in [0.05, 0.1) is 44.8 Å². The molecule has 0 N–H and O–H groups in total. The Labute approximate surface area is 277 Å². The Morgan fingerprint density at radius 2 is 1.23 bits per heavy atom. The third-order valence-corrected chi connectivity index (χ3v) is 8.60. The van der Waals surface area contributed by atoms with Gasteiger partial charge in [0, 0.05) is 44.5 Å². The molecule has 0 amide bonds. The summed E-state index contributed by atoms with van der Waals surface area (Å²) < 4.78 is 12.2. The van der Waals surface area contributed by atoms with Crippen molar-refractivity contribution in [2.45, 2.75) is 0 Å². The van der Waals surface area contributed by atoms with Gasteiger partial charge in [-0.05, 0) is 48.6 Å². The zero-order valence-electron chi connectivity index (χ0n) is 26.1. The molecule has 2 aliphatic carbocycles. The molecule has 0 aliphatic heterocycles. The summed E-state index contributed by atoms with van der Waals surface area (Å²) in [6.45, 7) is 24.7. The molecule has 48 heavy (non-hydrogen) atoms. The van der Waals surface area contributed by atoms with Crippen LogP contribution in [-0.4, -0.2) is 19.9 Å². The van der Waals surface area contributed by atoms with Crippen molar-refractivity contribution in [3.8, 4) is 34.0 Å². The van der Waals surface area contributed by atoms with Crippen LogP contribution in [0.4, 0.5) is 0 Å². The van der Waals surface area contributed by atoms with E-state index in [1.807, 2.05) is 72.8 Å². The SMILES string of the molecule is C=C/C=C(\C=C)Oc1ccc2c(c1C=C)C(=C)c1nc3cc4nc5c(nc4cc3nc1-2)-c1cccc(C(=C)Oc2ccccc2)c1C5=C. The summed E-state index contributed by atoms with van der Waals surface area (Å²) in [4.78, 5) is 20.3. The van der Waals surface area contributed by atoms with E-state index in [1.165, 1.54) is 0 Å². The topological polar surface area (TPSA) is 70.0 Å². The third-order valence-electron chi connectivity index (χ3n) is 8.60. The number of ether oxygens (including phenoxy) is 2. The molecular weight excluding hydrogens is 592 g/mol. The predicted molar refractivity (Wildman–Crippen MR) is 195 cm³/mol. The lowest BCUT2D eigenvalue weighted by Gasteiger charge is -2.13. The highest BCUT2D eigenvalue weighted by atomic mass is 16.5. The van der Waals surface area contributed by atoms with E-state index in [9.17, 15) is 0 Å². The monoisotopic (exact) mass is 620 g/mol. The molecule has 2 aliphatic rings. The Hall–Kier alpha value is -6.66. The third kappa shape index (κ3) is 4.35. The van der Waals surface area contributed by atoms with Gasteiger partial charge in [0.15, 0.2) is 0 Å². The first-order valence-corrected chi connectivity index (χ1v) is 15.3. The first-order chi connectivity index (χ1) is 23.4. The van der Waals surface area contributed by atoms with Crippen LogP contribution in [-0.2, 0) is 0 Å². The fraction of sp³-hybridized carbons (Fsp3) is 0. The van der Waals surface area contributed by atoms with Crippen molar-refractivity contribution >= 4 is 45.0 Å². The normalized spacial score (nSPS) is 12.7. The predicted octanol–water partition coefficient (Wildman–Crippen LogP) is 9.98. The van der Waals surface area contributed by atoms with E-state index in [4.69, 9.17) is 29.4 Å². The highest BCUT2D eigenvalue weighted by Crippen LogP contribution is 2.48. The molecule has 8 rings (SSSR count). The summed E-state index contributed by atoms with van der Waals surface area (Å²) in [6.07, 6.45) is 6.80. The van der Waals surface area contributed by atoms with Crippen LogP contribution in [0.2, 0.25) is 0 Å². The zero-order chi connectivity index (χ0) is 33.1. The molecule has 2 heterocycles. The quantitative estimate of drug-likeness (QED) is 0.0957. The number of aromatic nitrogens is 4. The molecule has 2 aromatic heterocycles. The van der Waals surface area contributed by atoms with Crippen molar-refractivity contribution in [1.82, 2.24) is 19.9 Å². The largest absolute Gasteiger partial charge is 0.457 e. The van der Waals surface area contributed by atoms with Crippen LogP contribution in [0.1, 0.15) is 33.6 Å². The van der Waals surface area contributed by atoms with Gasteiger partial charge >= 0.3 is 0 Å². The van der Waals surface area contributed by atoms with Gasteiger partial charge in [-0.1, -0.05) is 88.0 Å². The van der Waals surface area contributed by atoms with Crippen molar-refractivity contribution in [1.29, 1.82) is 0 Å². The average Bonchev–Trinajstić information content (AvgIpc) is 3.54. The molecule has 6 heteroatoms. The van der Waals surface area contributed by atoms with Crippen LogP contribution in [0.5, 0.6) is 11.5 Å². The molecular formula is C42H28N4O2. The van der Waals surface area contributed by atoms with Crippen LogP contribution in [0.25, 0.3) is 67.6 Å². The lowest BCUT2D eigenvalue weighted by molar-refractivity contribution is 0.444. The van der Waals surface area contributed by atoms with Crippen LogP contribution in [0, 0.1) is 0 Å². The van der Waals surface area contributed by atoms with Gasteiger partial charge in [0.1, 0.15) is 23.0 Å². The Bertz CT molecular complexity index is 2510. The van der Waals surface area contributed by atoms with Gasteiger partial charge in [0.2, 0.25) is 0 Å². The summed E-state index contributed by atoms with van der Waals surface area (Å²) in [5.41, 5.74) is 12.5. The van der Waals surface area contributed by atoms with E-state index < -0.39 is 0 Å². The Balaban J connectivity index is 1.22. The minimum absolute atomic E-state index is 0.526. The number of hydrogen-bond donors (Lipinski definition) is 0. The van der Waals surface area contributed by atoms with Gasteiger partial charge in [-0.3, -0.25) is 0 Å². The zero-order valence-corrected chi connectivity index (χ0v) is 26.1. The highest BCUT2D eigenvalue weighted by Gasteiger charge is 2.31. The van der Waals surface area contributed by atoms with Crippen LogP contribution < -0.4 is 9.47 Å². The van der Waals surface area contributed by atoms with Gasteiger partial charge in [-0.25, -0.2) is 19.9 Å². The maximum absolute atomic E-state index is 6.13. The van der Waals surface area contributed by atoms with Gasteiger partial charge in [-0.15, -0.1) is 0 Å². The van der Waals surface area contributed by atoms with Crippen molar-refractivity contribution in [2.75, 3.05) is 0 Å². The van der Waals surface area contributed by atoms with Crippen LogP contribution in [0.15, 0.2) is 136 Å². The second-order valence-electron chi connectivity index (χ2n) is 11.4. The number of rotatable bonds is 8. The van der Waals surface area contributed by atoms with Gasteiger partial charge in [0.25, 0.3) is 0 Å². The summed E-state index contributed by atoms with van der Waals surface area (Å²) in [5, 5.41) is 0. The molecule has 0 saturated carbocycles. The van der Waals surface area contributed by atoms with Crippen molar-refractivity contribution in [3.63, 3.8) is 0 Å². The first kappa shape index (κ1) is 28.8. The molecule has 228 valence electrons. The minimum atomic E-state index is 0.526. The number of benzene rings is 4. The number of fused-ring (bicyclic) bond motifs is 8. The lowest BCUT2D eigenvalue weighted by atomic mass is 9.99. The number of para-hydroxylation sites is 1. The number of nitrogens with zero attached hydrogens (tertiary/aromatic N) is 4. The number of allylic oxidation sites excluding steroid dienone is 3. The Kier molecular flexibility index (Phi) is 6.60. The van der Waals surface area contributed by atoms with Gasteiger partial charge < -0.3 is 9.47 Å². The molecule has 6 aromatic rings. The van der Waals surface area contributed by atoms with E-state index in [0.29, 0.717) is 50.8 Å². The molecule has 0 spiro atoms. The molecule has 6 nitrogen and oxygen atoms in total. The smallest absolute Gasteiger partial charge is 0.135 e. The minimum Gasteiger partial charge on any atom is -0.457 e. The summed E-state index contributed by atoms with van der Waals surface area (Å²) in [6, 6.07) is 23.3. The summed E-state index contributed by atoms with van der Waals surface area (Å²) >= 11 is 0. The molecule has 0 atom stereocenters. The van der Waals surface area contributed by atoms with E-state index >= 15 is 0 Å². The number of hydrogen-bond acceptors (Lipinski definition) is 6. The maximum atomic E-state index is 6.13. The van der Waals surface area contributed by atoms with Crippen molar-refractivity contribution in [3.05, 3.63) is 170 Å². The Morgan fingerprint density at radius 1 is 0.625 bits per heavy atom. The standard InChI is InChI=1S/C42H28N4O2/c1-7-14-26(8-2)48-36-20-19-31-37(28(36)9-3)23(4)39-42(31)46-35-22-34-32(21-33(35)43-39)44-40-24(5)38-29(17-13-18-30(38)41(40)45-34)25(6)47-27-15-11-10-12-16-27/h7-22H,1-6H2/b26-14+. The molecule has 0 radical (unpaired) electrons. The van der Waals surface area contributed by atoms with Crippen molar-refractivity contribution in [2.24, 2.45) is 0 Å². The second kappa shape index (κ2) is 11.0. The van der Waals surface area contributed by atoms with Crippen LogP contribution in [0.3, 0.4) is 0 Å². The fourth-order valence-corrected chi connectivity index (χ4v) is 6.43. The molecule has 0 unspecified atom stereocenters. The Morgan fingerprint density at radius 3 is 1.83 bits per heavy atom. The van der Waals surface area contributed by atoms with Crippen molar-refractivity contribution < 1.29 is 9.47 Å². The lowest BCUT2D eigenvalue weighted by Crippen LogP contribution is -1.97. The molecule has 0 saturated heterocycles. The summed E-state index contributed by atoms with van der Waals surface area (Å²) in [7, 11) is 0. The van der Waals surface area contributed by atoms with Gasteiger partial charge in [-0.2, -0.15) is 0 Å². The average molecular weight is 621 g/mol. The molecule has 0 bridgehead atoms. The molecule has 4 aromatic carbocycles. The second-order valence-corrected chi connectivity index (χ2v) is 11.4. The first-order valence-electron chi connectivity index (χ1n) is 15.3. The summed E-state index contributed by atoms with van der Waals surface area (Å²) in [5.74, 6) is 2.44. The maximum Gasteiger partial charge on any atom is 0.135 e. The van der Waals surface area contributed by atoms with E-state index in [1.54, 1.807) is 24.3 Å². The van der Waals surface area contributed by atoms with Crippen LogP contribution >= 0.6 is 0 Å².